The summed E-state index contributed by atoms with van der Waals surface area (Å²) in [6.45, 7) is 6.27. The van der Waals surface area contributed by atoms with Crippen LogP contribution in [0.4, 0.5) is 0 Å². The summed E-state index contributed by atoms with van der Waals surface area (Å²) in [5, 5.41) is 0. The van der Waals surface area contributed by atoms with Crippen molar-refractivity contribution in [1.29, 1.82) is 0 Å². The maximum atomic E-state index is 6.18. The van der Waals surface area contributed by atoms with E-state index in [1.807, 2.05) is 0 Å². The average Bonchev–Trinajstić information content (AvgIpc) is 2.69. The predicted molar refractivity (Wildman–Crippen MR) is 111 cm³/mol. The van der Waals surface area contributed by atoms with Gasteiger partial charge in [0.2, 0.25) is 0 Å². The third-order valence-corrected chi connectivity index (χ3v) is 5.60. The predicted octanol–water partition coefficient (Wildman–Crippen LogP) is 7.47. The summed E-state index contributed by atoms with van der Waals surface area (Å²) in [7, 11) is 0. The topological polar surface area (TPSA) is 18.5 Å². The van der Waals surface area contributed by atoms with Crippen molar-refractivity contribution in [3.05, 3.63) is 29.8 Å². The number of hydrogen-bond acceptors (Lipinski definition) is 2. The zero-order valence-corrected chi connectivity index (χ0v) is 17.2. The highest BCUT2D eigenvalue weighted by atomic mass is 16.5. The van der Waals surface area contributed by atoms with Gasteiger partial charge in [0, 0.05) is 0 Å². The summed E-state index contributed by atoms with van der Waals surface area (Å²) >= 11 is 0. The molecule has 26 heavy (non-hydrogen) atoms. The second kappa shape index (κ2) is 13.2. The van der Waals surface area contributed by atoms with Gasteiger partial charge in [-0.2, -0.15) is 0 Å². The van der Waals surface area contributed by atoms with E-state index >= 15 is 0 Å². The summed E-state index contributed by atoms with van der Waals surface area (Å²) in [5.41, 5.74) is 1.31. The summed E-state index contributed by atoms with van der Waals surface area (Å²) in [6.07, 6.45) is 16.1. The van der Waals surface area contributed by atoms with E-state index in [1.54, 1.807) is 0 Å². The first-order valence-electron chi connectivity index (χ1n) is 11.2. The molecule has 2 rings (SSSR count). The van der Waals surface area contributed by atoms with Crippen molar-refractivity contribution in [3.8, 4) is 5.75 Å². The highest BCUT2D eigenvalue weighted by Gasteiger charge is 2.22. The molecule has 1 aliphatic rings. The first-order chi connectivity index (χ1) is 12.8. The van der Waals surface area contributed by atoms with Gasteiger partial charge in [0.05, 0.1) is 19.3 Å². The lowest BCUT2D eigenvalue weighted by Gasteiger charge is -2.29. The molecule has 1 fully saturated rings. The summed E-state index contributed by atoms with van der Waals surface area (Å²) < 4.78 is 12.0. The number of unbranched alkanes of at least 4 members (excludes halogenated alkanes) is 7. The van der Waals surface area contributed by atoms with Gasteiger partial charge < -0.3 is 9.47 Å². The van der Waals surface area contributed by atoms with Gasteiger partial charge in [0.15, 0.2) is 0 Å². The Hall–Kier alpha value is -1.02. The van der Waals surface area contributed by atoms with Crippen LogP contribution in [0.15, 0.2) is 24.3 Å². The Morgan fingerprint density at radius 1 is 0.846 bits per heavy atom. The van der Waals surface area contributed by atoms with Crippen molar-refractivity contribution in [3.63, 3.8) is 0 Å². The summed E-state index contributed by atoms with van der Waals surface area (Å²) in [5.74, 6) is 1.76. The fourth-order valence-corrected chi connectivity index (χ4v) is 3.83. The second-order valence-corrected chi connectivity index (χ2v) is 7.95. The highest BCUT2D eigenvalue weighted by Crippen LogP contribution is 2.33. The largest absolute Gasteiger partial charge is 0.494 e. The summed E-state index contributed by atoms with van der Waals surface area (Å²) in [6, 6.07) is 8.59. The quantitative estimate of drug-likeness (QED) is 0.340. The first-order valence-corrected chi connectivity index (χ1v) is 11.2. The molecular weight excluding hydrogens is 320 g/mol. The molecule has 1 aliphatic heterocycles. The van der Waals surface area contributed by atoms with Crippen LogP contribution in [0.25, 0.3) is 0 Å². The molecule has 0 aliphatic carbocycles. The van der Waals surface area contributed by atoms with E-state index in [9.17, 15) is 0 Å². The van der Waals surface area contributed by atoms with Gasteiger partial charge in [0.25, 0.3) is 0 Å². The molecule has 1 aromatic carbocycles. The molecule has 2 unspecified atom stereocenters. The maximum absolute atomic E-state index is 6.18. The number of ether oxygens (including phenoxy) is 2. The molecule has 1 aromatic rings. The van der Waals surface area contributed by atoms with Crippen molar-refractivity contribution < 1.29 is 9.47 Å². The van der Waals surface area contributed by atoms with Crippen LogP contribution in [0.2, 0.25) is 0 Å². The molecule has 0 N–H and O–H groups in total. The Bertz CT molecular complexity index is 446. The van der Waals surface area contributed by atoms with Crippen molar-refractivity contribution in [2.75, 3.05) is 13.2 Å². The smallest absolute Gasteiger partial charge is 0.119 e. The van der Waals surface area contributed by atoms with Gasteiger partial charge in [-0.3, -0.25) is 0 Å². The number of rotatable bonds is 13. The van der Waals surface area contributed by atoms with E-state index in [0.29, 0.717) is 0 Å². The fourth-order valence-electron chi connectivity index (χ4n) is 3.83. The van der Waals surface area contributed by atoms with Crippen molar-refractivity contribution in [2.24, 2.45) is 5.92 Å². The van der Waals surface area contributed by atoms with Gasteiger partial charge in [-0.15, -0.1) is 0 Å². The van der Waals surface area contributed by atoms with E-state index in [4.69, 9.17) is 9.47 Å². The lowest BCUT2D eigenvalue weighted by atomic mass is 9.91. The Balaban J connectivity index is 1.61. The molecule has 0 amide bonds. The highest BCUT2D eigenvalue weighted by molar-refractivity contribution is 5.28. The van der Waals surface area contributed by atoms with E-state index in [2.05, 4.69) is 38.1 Å². The lowest BCUT2D eigenvalue weighted by molar-refractivity contribution is -0.0199. The molecule has 2 heteroatoms. The minimum Gasteiger partial charge on any atom is -0.494 e. The second-order valence-electron chi connectivity index (χ2n) is 7.95. The third kappa shape index (κ3) is 8.12. The van der Waals surface area contributed by atoms with Crippen molar-refractivity contribution in [2.45, 2.75) is 97.0 Å². The molecule has 0 saturated carbocycles. The van der Waals surface area contributed by atoms with Gasteiger partial charge in [0.1, 0.15) is 5.75 Å². The standard InChI is InChI=1S/C24H40O2/c1-3-5-7-8-9-10-12-21-13-18-24(26-20-21)22-14-16-23(17-15-22)25-19-11-6-4-2/h14-17,21,24H,3-13,18-20H2,1-2H3. The Labute approximate surface area is 161 Å². The monoisotopic (exact) mass is 360 g/mol. The van der Waals surface area contributed by atoms with Crippen LogP contribution >= 0.6 is 0 Å². The Morgan fingerprint density at radius 2 is 1.54 bits per heavy atom. The molecule has 148 valence electrons. The van der Waals surface area contributed by atoms with Crippen molar-refractivity contribution in [1.82, 2.24) is 0 Å². The molecule has 0 aromatic heterocycles. The number of benzene rings is 1. The van der Waals surface area contributed by atoms with Gasteiger partial charge in [-0.1, -0.05) is 77.3 Å². The minimum absolute atomic E-state index is 0.282. The van der Waals surface area contributed by atoms with Gasteiger partial charge in [-0.05, 0) is 49.3 Å². The van der Waals surface area contributed by atoms with E-state index in [0.717, 1.165) is 37.7 Å². The van der Waals surface area contributed by atoms with Crippen LogP contribution < -0.4 is 4.74 Å². The van der Waals surface area contributed by atoms with E-state index in [-0.39, 0.29) is 6.10 Å². The molecular formula is C24H40O2. The average molecular weight is 361 g/mol. The van der Waals surface area contributed by atoms with E-state index in [1.165, 1.54) is 69.8 Å². The minimum atomic E-state index is 0.282. The van der Waals surface area contributed by atoms with Crippen LogP contribution in [0.5, 0.6) is 5.75 Å². The summed E-state index contributed by atoms with van der Waals surface area (Å²) in [4.78, 5) is 0. The molecule has 0 spiro atoms. The van der Waals surface area contributed by atoms with Gasteiger partial charge >= 0.3 is 0 Å². The molecule has 0 radical (unpaired) electrons. The SMILES string of the molecule is CCCCCCCCC1CCC(c2ccc(OCCCCC)cc2)OC1. The van der Waals surface area contributed by atoms with Crippen LogP contribution in [-0.2, 0) is 4.74 Å². The van der Waals surface area contributed by atoms with Crippen LogP contribution in [0.1, 0.15) is 103 Å². The molecule has 2 nitrogen and oxygen atoms in total. The fraction of sp³-hybridized carbons (Fsp3) is 0.750. The Kier molecular flexibility index (Phi) is 10.8. The molecule has 2 atom stereocenters. The van der Waals surface area contributed by atoms with Gasteiger partial charge in [-0.25, -0.2) is 0 Å². The number of hydrogen-bond donors (Lipinski definition) is 0. The van der Waals surface area contributed by atoms with E-state index < -0.39 is 0 Å². The first kappa shape index (κ1) is 21.3. The Morgan fingerprint density at radius 3 is 2.23 bits per heavy atom. The molecule has 1 saturated heterocycles. The maximum Gasteiger partial charge on any atom is 0.119 e. The molecule has 1 heterocycles. The molecule has 0 bridgehead atoms. The normalized spacial score (nSPS) is 20.2. The zero-order valence-electron chi connectivity index (χ0n) is 17.2. The van der Waals surface area contributed by atoms with Crippen molar-refractivity contribution >= 4 is 0 Å². The third-order valence-electron chi connectivity index (χ3n) is 5.60. The van der Waals surface area contributed by atoms with Crippen LogP contribution in [-0.4, -0.2) is 13.2 Å². The van der Waals surface area contributed by atoms with Crippen LogP contribution in [0, 0.1) is 5.92 Å². The zero-order chi connectivity index (χ0) is 18.5. The lowest BCUT2D eigenvalue weighted by Crippen LogP contribution is -2.20. The van der Waals surface area contributed by atoms with Crippen LogP contribution in [0.3, 0.4) is 0 Å².